The predicted octanol–water partition coefficient (Wildman–Crippen LogP) is 3.94. The highest BCUT2D eigenvalue weighted by Crippen LogP contribution is 2.44. The van der Waals surface area contributed by atoms with Crippen LogP contribution in [0.1, 0.15) is 30.7 Å². The summed E-state index contributed by atoms with van der Waals surface area (Å²) >= 11 is 0. The molecule has 4 atom stereocenters. The van der Waals surface area contributed by atoms with Crippen molar-refractivity contribution in [2.45, 2.75) is 32.2 Å². The zero-order valence-electron chi connectivity index (χ0n) is 18.2. The minimum absolute atomic E-state index is 0.0159. The maximum absolute atomic E-state index is 13.4. The van der Waals surface area contributed by atoms with Gasteiger partial charge < -0.3 is 23.8 Å². The molecule has 0 bridgehead atoms. The number of carbonyl (C=O) groups is 2. The number of amides is 1. The zero-order chi connectivity index (χ0) is 22.3. The molecule has 2 fully saturated rings. The molecule has 0 spiro atoms. The quantitative estimate of drug-likeness (QED) is 0.435. The van der Waals surface area contributed by atoms with Gasteiger partial charge in [0.15, 0.2) is 6.23 Å². The van der Waals surface area contributed by atoms with Crippen LogP contribution in [0.15, 0.2) is 60.7 Å². The fourth-order valence-corrected chi connectivity index (χ4v) is 4.51. The van der Waals surface area contributed by atoms with Gasteiger partial charge in [0.05, 0.1) is 25.9 Å². The van der Waals surface area contributed by atoms with Gasteiger partial charge in [0.25, 0.3) is 0 Å². The molecular weight excluding hydrogens is 410 g/mol. The first-order valence-corrected chi connectivity index (χ1v) is 11.1. The van der Waals surface area contributed by atoms with Gasteiger partial charge in [-0.05, 0) is 18.9 Å². The van der Waals surface area contributed by atoms with E-state index in [1.807, 2.05) is 65.6 Å². The van der Waals surface area contributed by atoms with Gasteiger partial charge in [-0.2, -0.15) is 0 Å². The minimum atomic E-state index is -0.712. The van der Waals surface area contributed by atoms with Crippen molar-refractivity contribution in [3.63, 3.8) is 0 Å². The number of fused-ring (bicyclic) bond motifs is 1. The molecule has 0 aromatic heterocycles. The van der Waals surface area contributed by atoms with Gasteiger partial charge in [-0.1, -0.05) is 60.7 Å². The molecule has 0 unspecified atom stereocenters. The van der Waals surface area contributed by atoms with Crippen LogP contribution >= 0.6 is 0 Å². The SMILES string of the molecule is CCOC(=O)OC[C@@H]1[C@@H](CCOCc2ccccc2)C(=O)N2[C@H](c3ccccc3)OC[C@@H]12. The summed E-state index contributed by atoms with van der Waals surface area (Å²) in [4.78, 5) is 27.0. The summed E-state index contributed by atoms with van der Waals surface area (Å²) in [5.74, 6) is -0.469. The van der Waals surface area contributed by atoms with Crippen LogP contribution in [0.3, 0.4) is 0 Å². The standard InChI is InChI=1S/C25H29NO6/c1-2-30-25(28)32-16-21-20(13-14-29-15-18-9-5-3-6-10-18)23(27)26-22(21)17-31-24(26)19-11-7-4-8-12-19/h3-12,20-22,24H,2,13-17H2,1H3/t20-,21-,22+,24+/m1/s1. The van der Waals surface area contributed by atoms with Gasteiger partial charge in [0, 0.05) is 24.0 Å². The molecule has 2 heterocycles. The molecule has 1 amide bonds. The van der Waals surface area contributed by atoms with E-state index in [9.17, 15) is 9.59 Å². The van der Waals surface area contributed by atoms with Gasteiger partial charge in [-0.15, -0.1) is 0 Å². The van der Waals surface area contributed by atoms with Gasteiger partial charge in [-0.3, -0.25) is 4.79 Å². The van der Waals surface area contributed by atoms with Crippen molar-refractivity contribution in [1.29, 1.82) is 0 Å². The summed E-state index contributed by atoms with van der Waals surface area (Å²) in [5, 5.41) is 0. The van der Waals surface area contributed by atoms with Crippen molar-refractivity contribution in [3.8, 4) is 0 Å². The van der Waals surface area contributed by atoms with Crippen molar-refractivity contribution < 1.29 is 28.5 Å². The summed E-state index contributed by atoms with van der Waals surface area (Å²) in [6.45, 7) is 3.43. The molecule has 2 aromatic carbocycles. The Kier molecular flexibility index (Phi) is 7.39. The van der Waals surface area contributed by atoms with Crippen molar-refractivity contribution in [1.82, 2.24) is 4.90 Å². The second-order valence-corrected chi connectivity index (χ2v) is 8.00. The molecule has 32 heavy (non-hydrogen) atoms. The van der Waals surface area contributed by atoms with Crippen molar-refractivity contribution in [3.05, 3.63) is 71.8 Å². The topological polar surface area (TPSA) is 74.3 Å². The molecule has 4 rings (SSSR count). The molecular formula is C25H29NO6. The second-order valence-electron chi connectivity index (χ2n) is 8.00. The lowest BCUT2D eigenvalue weighted by atomic mass is 9.89. The lowest BCUT2D eigenvalue weighted by Gasteiger charge is -2.23. The van der Waals surface area contributed by atoms with E-state index in [-0.39, 0.29) is 37.0 Å². The summed E-state index contributed by atoms with van der Waals surface area (Å²) < 4.78 is 22.1. The Labute approximate surface area is 188 Å². The fraction of sp³-hybridized carbons (Fsp3) is 0.440. The summed E-state index contributed by atoms with van der Waals surface area (Å²) in [7, 11) is 0. The normalized spacial score (nSPS) is 24.4. The van der Waals surface area contributed by atoms with Gasteiger partial charge in [-0.25, -0.2) is 4.79 Å². The Morgan fingerprint density at radius 2 is 1.78 bits per heavy atom. The summed E-state index contributed by atoms with van der Waals surface area (Å²) in [6.07, 6.45) is -0.582. The van der Waals surface area contributed by atoms with E-state index < -0.39 is 12.4 Å². The van der Waals surface area contributed by atoms with Crippen LogP contribution in [0.2, 0.25) is 0 Å². The smallest absolute Gasteiger partial charge is 0.435 e. The maximum Gasteiger partial charge on any atom is 0.508 e. The third-order valence-electron chi connectivity index (χ3n) is 6.04. The molecule has 2 saturated heterocycles. The molecule has 7 nitrogen and oxygen atoms in total. The predicted molar refractivity (Wildman–Crippen MR) is 116 cm³/mol. The van der Waals surface area contributed by atoms with E-state index >= 15 is 0 Å². The Balaban J connectivity index is 1.43. The van der Waals surface area contributed by atoms with Gasteiger partial charge >= 0.3 is 6.16 Å². The Hall–Kier alpha value is -2.90. The molecule has 2 aliphatic heterocycles. The lowest BCUT2D eigenvalue weighted by Crippen LogP contribution is -2.34. The summed E-state index contributed by atoms with van der Waals surface area (Å²) in [6, 6.07) is 19.5. The van der Waals surface area contributed by atoms with Crippen LogP contribution < -0.4 is 0 Å². The molecule has 2 aliphatic rings. The number of hydrogen-bond acceptors (Lipinski definition) is 6. The average Bonchev–Trinajstić information content (AvgIpc) is 3.36. The van der Waals surface area contributed by atoms with Crippen LogP contribution in [0.25, 0.3) is 0 Å². The van der Waals surface area contributed by atoms with E-state index in [0.29, 0.717) is 26.2 Å². The van der Waals surface area contributed by atoms with Crippen LogP contribution in [-0.4, -0.2) is 49.4 Å². The van der Waals surface area contributed by atoms with Crippen molar-refractivity contribution in [2.75, 3.05) is 26.4 Å². The number of carbonyl (C=O) groups excluding carboxylic acids is 2. The summed E-state index contributed by atoms with van der Waals surface area (Å²) in [5.41, 5.74) is 2.03. The van der Waals surface area contributed by atoms with Crippen LogP contribution in [0.4, 0.5) is 4.79 Å². The fourth-order valence-electron chi connectivity index (χ4n) is 4.51. The monoisotopic (exact) mass is 439 g/mol. The largest absolute Gasteiger partial charge is 0.508 e. The first-order chi connectivity index (χ1) is 15.7. The molecule has 0 radical (unpaired) electrons. The first kappa shape index (κ1) is 22.3. The van der Waals surface area contributed by atoms with Crippen LogP contribution in [0, 0.1) is 11.8 Å². The number of rotatable bonds is 9. The Morgan fingerprint density at radius 3 is 2.50 bits per heavy atom. The lowest BCUT2D eigenvalue weighted by molar-refractivity contribution is -0.138. The molecule has 170 valence electrons. The molecule has 0 saturated carbocycles. The molecule has 0 N–H and O–H groups in total. The molecule has 7 heteroatoms. The Morgan fingerprint density at radius 1 is 1.06 bits per heavy atom. The van der Waals surface area contributed by atoms with E-state index in [0.717, 1.165) is 11.1 Å². The highest BCUT2D eigenvalue weighted by Gasteiger charge is 2.54. The Bertz CT molecular complexity index is 890. The molecule has 2 aromatic rings. The van der Waals surface area contributed by atoms with E-state index in [2.05, 4.69) is 0 Å². The highest BCUT2D eigenvalue weighted by atomic mass is 16.7. The van der Waals surface area contributed by atoms with Crippen LogP contribution in [0.5, 0.6) is 0 Å². The van der Waals surface area contributed by atoms with Crippen molar-refractivity contribution in [2.24, 2.45) is 11.8 Å². The highest BCUT2D eigenvalue weighted by molar-refractivity contribution is 5.83. The van der Waals surface area contributed by atoms with E-state index in [1.54, 1.807) is 6.92 Å². The maximum atomic E-state index is 13.4. The number of benzene rings is 2. The second kappa shape index (κ2) is 10.6. The third kappa shape index (κ3) is 4.95. The number of ether oxygens (including phenoxy) is 4. The van der Waals surface area contributed by atoms with Gasteiger partial charge in [0.2, 0.25) is 5.91 Å². The third-order valence-corrected chi connectivity index (χ3v) is 6.04. The van der Waals surface area contributed by atoms with Gasteiger partial charge in [0.1, 0.15) is 6.61 Å². The number of nitrogens with zero attached hydrogens (tertiary/aromatic N) is 1. The van der Waals surface area contributed by atoms with Crippen molar-refractivity contribution >= 4 is 12.1 Å². The van der Waals surface area contributed by atoms with E-state index in [4.69, 9.17) is 18.9 Å². The molecule has 0 aliphatic carbocycles. The van der Waals surface area contributed by atoms with Crippen LogP contribution in [-0.2, 0) is 30.3 Å². The number of hydrogen-bond donors (Lipinski definition) is 0. The van der Waals surface area contributed by atoms with E-state index in [1.165, 1.54) is 0 Å². The zero-order valence-corrected chi connectivity index (χ0v) is 18.2. The first-order valence-electron chi connectivity index (χ1n) is 11.1. The average molecular weight is 440 g/mol. The minimum Gasteiger partial charge on any atom is -0.435 e.